The molecule has 3 aromatic rings. The summed E-state index contributed by atoms with van der Waals surface area (Å²) in [7, 11) is -1.17. The number of amides is 2. The lowest BCUT2D eigenvalue weighted by Gasteiger charge is -2.35. The zero-order chi connectivity index (χ0) is 29.3. The second-order valence-electron chi connectivity index (χ2n) is 9.80. The van der Waals surface area contributed by atoms with E-state index in [1.165, 1.54) is 19.0 Å². The highest BCUT2D eigenvalue weighted by Crippen LogP contribution is 2.22. The van der Waals surface area contributed by atoms with Gasteiger partial charge in [-0.15, -0.1) is 0 Å². The quantitative estimate of drug-likeness (QED) is 0.299. The Labute approximate surface area is 246 Å². The lowest BCUT2D eigenvalue weighted by molar-refractivity contribution is -0.140. The van der Waals surface area contributed by atoms with Gasteiger partial charge in [0.2, 0.25) is 11.8 Å². The highest BCUT2D eigenvalue weighted by atomic mass is 79.9. The number of hydrogen-bond donors (Lipinski definition) is 1. The molecule has 3 rings (SSSR count). The van der Waals surface area contributed by atoms with Crippen molar-refractivity contribution in [2.75, 3.05) is 24.9 Å². The largest absolute Gasteiger partial charge is 0.352 e. The van der Waals surface area contributed by atoms with Crippen molar-refractivity contribution in [3.8, 4) is 0 Å². The molecule has 3 aromatic carbocycles. The first kappa shape index (κ1) is 31.3. The molecule has 0 heterocycles. The highest BCUT2D eigenvalue weighted by molar-refractivity contribution is 9.10. The van der Waals surface area contributed by atoms with Gasteiger partial charge in [0.05, 0.1) is 5.69 Å². The number of para-hydroxylation sites is 1. The fourth-order valence-electron chi connectivity index (χ4n) is 4.09. The van der Waals surface area contributed by atoms with E-state index in [0.29, 0.717) is 5.69 Å². The monoisotopic (exact) mass is 628 g/mol. The molecule has 0 saturated heterocycles. The number of benzene rings is 3. The van der Waals surface area contributed by atoms with Gasteiger partial charge < -0.3 is 10.2 Å². The molecule has 0 unspecified atom stereocenters. The van der Waals surface area contributed by atoms with E-state index in [4.69, 9.17) is 0 Å². The number of nitrogens with zero attached hydrogens (tertiary/aromatic N) is 3. The molecule has 0 aliphatic rings. The zero-order valence-electron chi connectivity index (χ0n) is 23.3. The number of rotatable bonds is 13. The van der Waals surface area contributed by atoms with Crippen LogP contribution in [0.1, 0.15) is 31.4 Å². The van der Waals surface area contributed by atoms with E-state index >= 15 is 0 Å². The summed E-state index contributed by atoms with van der Waals surface area (Å²) >= 11 is 3.44. The third-order valence-electron chi connectivity index (χ3n) is 6.60. The molecule has 40 heavy (non-hydrogen) atoms. The van der Waals surface area contributed by atoms with Crippen LogP contribution >= 0.6 is 15.9 Å². The van der Waals surface area contributed by atoms with Crippen LogP contribution in [0, 0.1) is 0 Å². The number of carbonyl (C=O) groups excluding carboxylic acids is 2. The number of nitrogens with one attached hydrogen (secondary N) is 1. The summed E-state index contributed by atoms with van der Waals surface area (Å²) in [5, 5.41) is 3.03. The molecule has 0 bridgehead atoms. The van der Waals surface area contributed by atoms with Crippen molar-refractivity contribution in [1.29, 1.82) is 0 Å². The van der Waals surface area contributed by atoms with Crippen LogP contribution in [0.15, 0.2) is 89.4 Å². The van der Waals surface area contributed by atoms with E-state index in [1.54, 1.807) is 30.3 Å². The molecule has 0 aliphatic heterocycles. The highest BCUT2D eigenvalue weighted by Gasteiger charge is 2.35. The van der Waals surface area contributed by atoms with E-state index in [0.717, 1.165) is 30.6 Å². The molecule has 0 spiro atoms. The number of anilines is 1. The number of halogens is 1. The molecule has 214 valence electrons. The van der Waals surface area contributed by atoms with Crippen LogP contribution in [0.25, 0.3) is 0 Å². The van der Waals surface area contributed by atoms with Gasteiger partial charge in [0.15, 0.2) is 0 Å². The van der Waals surface area contributed by atoms with Crippen molar-refractivity contribution in [1.82, 2.24) is 14.5 Å². The molecule has 0 saturated carbocycles. The Morgan fingerprint density at radius 3 is 2.00 bits per heavy atom. The maximum atomic E-state index is 14.2. The first-order valence-corrected chi connectivity index (χ1v) is 15.3. The maximum Gasteiger partial charge on any atom is 0.304 e. The van der Waals surface area contributed by atoms with Crippen LogP contribution in [-0.2, 0) is 32.8 Å². The Morgan fingerprint density at radius 1 is 0.875 bits per heavy atom. The minimum atomic E-state index is -4.01. The molecule has 0 aromatic heterocycles. The summed E-state index contributed by atoms with van der Waals surface area (Å²) in [5.74, 6) is -0.775. The topological polar surface area (TPSA) is 90.0 Å². The van der Waals surface area contributed by atoms with Crippen LogP contribution in [0.5, 0.6) is 0 Å². The van der Waals surface area contributed by atoms with Gasteiger partial charge >= 0.3 is 10.2 Å². The molecular weight excluding hydrogens is 592 g/mol. The standard InChI is InChI=1S/C30H37BrN4O4S/c1-5-23(2)32-30(37)28(20-24-12-8-6-9-13-24)34(21-25-16-18-26(31)19-17-25)29(36)22-35(40(38,39)33(3)4)27-14-10-7-11-15-27/h6-19,23,28H,5,20-22H2,1-4H3,(H,32,37)/t23-,28-/m1/s1. The zero-order valence-corrected chi connectivity index (χ0v) is 25.7. The molecule has 2 amide bonds. The second kappa shape index (κ2) is 14.4. The molecule has 0 fully saturated rings. The summed E-state index contributed by atoms with van der Waals surface area (Å²) < 4.78 is 29.8. The maximum absolute atomic E-state index is 14.2. The predicted octanol–water partition coefficient (Wildman–Crippen LogP) is 4.62. The van der Waals surface area contributed by atoms with Crippen LogP contribution in [0.3, 0.4) is 0 Å². The summed E-state index contributed by atoms with van der Waals surface area (Å²) in [6, 6.07) is 24.5. The summed E-state index contributed by atoms with van der Waals surface area (Å²) in [4.78, 5) is 29.4. The van der Waals surface area contributed by atoms with Gasteiger partial charge in [-0.1, -0.05) is 83.5 Å². The average Bonchev–Trinajstić information content (AvgIpc) is 2.95. The normalized spacial score (nSPS) is 12.9. The molecule has 10 heteroatoms. The Kier molecular flexibility index (Phi) is 11.3. The van der Waals surface area contributed by atoms with Gasteiger partial charge in [0, 0.05) is 37.6 Å². The third-order valence-corrected chi connectivity index (χ3v) is 8.95. The van der Waals surface area contributed by atoms with Crippen molar-refractivity contribution in [3.63, 3.8) is 0 Å². The van der Waals surface area contributed by atoms with Gasteiger partial charge in [-0.3, -0.25) is 9.59 Å². The van der Waals surface area contributed by atoms with Gasteiger partial charge in [0.1, 0.15) is 12.6 Å². The molecule has 1 N–H and O–H groups in total. The summed E-state index contributed by atoms with van der Waals surface area (Å²) in [6.07, 6.45) is 1.00. The van der Waals surface area contributed by atoms with Gasteiger partial charge in [-0.25, -0.2) is 4.31 Å². The van der Waals surface area contributed by atoms with Crippen LogP contribution in [0.2, 0.25) is 0 Å². The first-order chi connectivity index (χ1) is 19.0. The van der Waals surface area contributed by atoms with Crippen LogP contribution in [-0.4, -0.2) is 62.2 Å². The summed E-state index contributed by atoms with van der Waals surface area (Å²) in [5.41, 5.74) is 2.06. The second-order valence-corrected chi connectivity index (χ2v) is 12.8. The minimum Gasteiger partial charge on any atom is -0.352 e. The van der Waals surface area contributed by atoms with Crippen molar-refractivity contribution in [2.45, 2.75) is 45.3 Å². The van der Waals surface area contributed by atoms with Gasteiger partial charge in [-0.2, -0.15) is 12.7 Å². The lowest BCUT2D eigenvalue weighted by Crippen LogP contribution is -2.55. The number of hydrogen-bond acceptors (Lipinski definition) is 4. The van der Waals surface area contributed by atoms with Crippen molar-refractivity contribution in [3.05, 3.63) is 101 Å². The minimum absolute atomic E-state index is 0.0923. The van der Waals surface area contributed by atoms with Crippen molar-refractivity contribution >= 4 is 43.6 Å². The Hall–Kier alpha value is -3.21. The van der Waals surface area contributed by atoms with E-state index in [2.05, 4.69) is 21.2 Å². The first-order valence-electron chi connectivity index (χ1n) is 13.2. The molecular formula is C30H37BrN4O4S. The molecule has 8 nitrogen and oxygen atoms in total. The summed E-state index contributed by atoms with van der Waals surface area (Å²) in [6.45, 7) is 3.55. The molecule has 2 atom stereocenters. The smallest absolute Gasteiger partial charge is 0.304 e. The SMILES string of the molecule is CC[C@@H](C)NC(=O)[C@@H](Cc1ccccc1)N(Cc1ccc(Br)cc1)C(=O)CN(c1ccccc1)S(=O)(=O)N(C)C. The van der Waals surface area contributed by atoms with Crippen molar-refractivity contribution in [2.24, 2.45) is 0 Å². The Bertz CT molecular complexity index is 1350. The van der Waals surface area contributed by atoms with Gasteiger partial charge in [0.25, 0.3) is 0 Å². The Balaban J connectivity index is 2.07. The van der Waals surface area contributed by atoms with Crippen LogP contribution < -0.4 is 9.62 Å². The van der Waals surface area contributed by atoms with Crippen molar-refractivity contribution < 1.29 is 18.0 Å². The average molecular weight is 630 g/mol. The third kappa shape index (κ3) is 8.39. The predicted molar refractivity (Wildman–Crippen MR) is 163 cm³/mol. The fourth-order valence-corrected chi connectivity index (χ4v) is 5.41. The Morgan fingerprint density at radius 2 is 1.45 bits per heavy atom. The van der Waals surface area contributed by atoms with E-state index < -0.39 is 28.7 Å². The molecule has 0 aliphatic carbocycles. The molecule has 0 radical (unpaired) electrons. The number of carbonyl (C=O) groups is 2. The van der Waals surface area contributed by atoms with E-state index in [9.17, 15) is 18.0 Å². The van der Waals surface area contributed by atoms with E-state index in [1.807, 2.05) is 68.4 Å². The van der Waals surface area contributed by atoms with Gasteiger partial charge in [-0.05, 0) is 48.7 Å². The lowest BCUT2D eigenvalue weighted by atomic mass is 10.0. The van der Waals surface area contributed by atoms with E-state index in [-0.39, 0.29) is 24.9 Å². The fraction of sp³-hybridized carbons (Fsp3) is 0.333. The van der Waals surface area contributed by atoms with Crippen LogP contribution in [0.4, 0.5) is 5.69 Å².